The van der Waals surface area contributed by atoms with Crippen molar-refractivity contribution in [2.75, 3.05) is 5.32 Å². The zero-order valence-corrected chi connectivity index (χ0v) is 16.8. The van der Waals surface area contributed by atoms with Gasteiger partial charge < -0.3 is 10.4 Å². The minimum atomic E-state index is -0.864. The molecule has 1 aromatic rings. The standard InChI is InChI=1S/C24H37NO2/c26-24(27)21-17-19-23(20-18-21)25-22-15-13-11-9-7-5-3-1-2-4-6-8-10-12-14-16-22/h1-2,17-20,22,25H,3-16H2,(H,26,27). The fourth-order valence-corrected chi connectivity index (χ4v) is 3.84. The fraction of sp³-hybridized carbons (Fsp3) is 0.625. The molecule has 0 fully saturated rings. The highest BCUT2D eigenvalue weighted by atomic mass is 16.4. The zero-order valence-electron chi connectivity index (χ0n) is 16.8. The Bertz CT molecular complexity index is 530. The van der Waals surface area contributed by atoms with Crippen molar-refractivity contribution in [1.29, 1.82) is 0 Å². The lowest BCUT2D eigenvalue weighted by molar-refractivity contribution is 0.0697. The number of hydrogen-bond acceptors (Lipinski definition) is 2. The van der Waals surface area contributed by atoms with Gasteiger partial charge in [-0.1, -0.05) is 63.5 Å². The molecule has 0 unspecified atom stereocenters. The van der Waals surface area contributed by atoms with Crippen LogP contribution in [0.1, 0.15) is 100 Å². The summed E-state index contributed by atoms with van der Waals surface area (Å²) in [6, 6.07) is 7.69. The molecule has 0 amide bonds. The Labute approximate surface area is 165 Å². The Morgan fingerprint density at radius 3 is 1.74 bits per heavy atom. The molecule has 1 aliphatic rings. The van der Waals surface area contributed by atoms with Crippen LogP contribution < -0.4 is 5.32 Å². The highest BCUT2D eigenvalue weighted by molar-refractivity contribution is 5.87. The van der Waals surface area contributed by atoms with Crippen molar-refractivity contribution in [2.45, 2.75) is 95.9 Å². The minimum absolute atomic E-state index is 0.351. The van der Waals surface area contributed by atoms with Gasteiger partial charge in [-0.3, -0.25) is 0 Å². The molecule has 2 rings (SSSR count). The van der Waals surface area contributed by atoms with Gasteiger partial charge in [0.25, 0.3) is 0 Å². The maximum Gasteiger partial charge on any atom is 0.335 e. The highest BCUT2D eigenvalue weighted by Gasteiger charge is 2.10. The summed E-state index contributed by atoms with van der Waals surface area (Å²) in [6.07, 6.45) is 22.9. The number of nitrogens with one attached hydrogen (secondary N) is 1. The third-order valence-electron chi connectivity index (χ3n) is 5.52. The van der Waals surface area contributed by atoms with Crippen molar-refractivity contribution in [1.82, 2.24) is 0 Å². The molecule has 0 saturated carbocycles. The van der Waals surface area contributed by atoms with Crippen LogP contribution in [-0.4, -0.2) is 17.1 Å². The molecule has 3 heteroatoms. The largest absolute Gasteiger partial charge is 0.478 e. The van der Waals surface area contributed by atoms with Crippen LogP contribution in [0.15, 0.2) is 36.4 Å². The van der Waals surface area contributed by atoms with Crippen molar-refractivity contribution in [2.24, 2.45) is 0 Å². The number of carbonyl (C=O) groups is 1. The first-order valence-corrected chi connectivity index (χ1v) is 11.0. The van der Waals surface area contributed by atoms with E-state index in [1.807, 2.05) is 12.1 Å². The van der Waals surface area contributed by atoms with Gasteiger partial charge in [-0.05, 0) is 62.8 Å². The van der Waals surface area contributed by atoms with Crippen LogP contribution in [0.2, 0.25) is 0 Å². The van der Waals surface area contributed by atoms with Gasteiger partial charge in [-0.2, -0.15) is 0 Å². The molecule has 0 aliphatic heterocycles. The van der Waals surface area contributed by atoms with Crippen LogP contribution in [0.4, 0.5) is 5.69 Å². The number of allylic oxidation sites excluding steroid dienone is 2. The first kappa shape index (κ1) is 21.5. The quantitative estimate of drug-likeness (QED) is 0.552. The average Bonchev–Trinajstić information content (AvgIpc) is 2.67. The first-order chi connectivity index (χ1) is 13.3. The van der Waals surface area contributed by atoms with Gasteiger partial charge in [0.05, 0.1) is 5.56 Å². The third-order valence-corrected chi connectivity index (χ3v) is 5.52. The average molecular weight is 372 g/mol. The van der Waals surface area contributed by atoms with Crippen LogP contribution in [0.25, 0.3) is 0 Å². The molecule has 0 bridgehead atoms. The predicted molar refractivity (Wildman–Crippen MR) is 115 cm³/mol. The normalized spacial score (nSPS) is 19.3. The molecule has 0 saturated heterocycles. The SMILES string of the molecule is O=C(O)c1ccc(NC2CCCCCCCC=CCCCCCCC2)cc1. The van der Waals surface area contributed by atoms with Crippen LogP contribution >= 0.6 is 0 Å². The van der Waals surface area contributed by atoms with Gasteiger partial charge in [0.15, 0.2) is 0 Å². The summed E-state index contributed by atoms with van der Waals surface area (Å²) >= 11 is 0. The molecule has 0 heterocycles. The second-order valence-corrected chi connectivity index (χ2v) is 7.89. The Morgan fingerprint density at radius 2 is 1.22 bits per heavy atom. The van der Waals surface area contributed by atoms with Crippen molar-refractivity contribution in [3.8, 4) is 0 Å². The van der Waals surface area contributed by atoms with E-state index in [1.54, 1.807) is 12.1 Å². The number of hydrogen-bond donors (Lipinski definition) is 2. The summed E-state index contributed by atoms with van der Waals surface area (Å²) in [4.78, 5) is 11.0. The molecule has 3 nitrogen and oxygen atoms in total. The van der Waals surface area contributed by atoms with Crippen molar-refractivity contribution in [3.63, 3.8) is 0 Å². The number of anilines is 1. The van der Waals surface area contributed by atoms with Gasteiger partial charge in [0.1, 0.15) is 0 Å². The fourth-order valence-electron chi connectivity index (χ4n) is 3.84. The molecule has 0 radical (unpaired) electrons. The van der Waals surface area contributed by atoms with E-state index < -0.39 is 5.97 Å². The molecular formula is C24H37NO2. The molecule has 1 aliphatic carbocycles. The Balaban J connectivity index is 1.83. The molecule has 150 valence electrons. The number of rotatable bonds is 3. The van der Waals surface area contributed by atoms with Gasteiger partial charge in [0.2, 0.25) is 0 Å². The monoisotopic (exact) mass is 371 g/mol. The molecule has 0 spiro atoms. The predicted octanol–water partition coefficient (Wildman–Crippen LogP) is 7.20. The lowest BCUT2D eigenvalue weighted by atomic mass is 9.99. The van der Waals surface area contributed by atoms with Crippen molar-refractivity contribution in [3.05, 3.63) is 42.0 Å². The maximum absolute atomic E-state index is 11.0. The highest BCUT2D eigenvalue weighted by Crippen LogP contribution is 2.19. The van der Waals surface area contributed by atoms with Gasteiger partial charge in [0, 0.05) is 11.7 Å². The Kier molecular flexibility index (Phi) is 10.7. The second kappa shape index (κ2) is 13.4. The second-order valence-electron chi connectivity index (χ2n) is 7.89. The van der Waals surface area contributed by atoms with Gasteiger partial charge >= 0.3 is 5.97 Å². The first-order valence-electron chi connectivity index (χ1n) is 11.0. The molecular weight excluding hydrogens is 334 g/mol. The summed E-state index contributed by atoms with van der Waals surface area (Å²) in [7, 11) is 0. The summed E-state index contributed by atoms with van der Waals surface area (Å²) in [5.74, 6) is -0.864. The minimum Gasteiger partial charge on any atom is -0.478 e. The van der Waals surface area contributed by atoms with Crippen LogP contribution in [0, 0.1) is 0 Å². The number of carboxylic acid groups (broad SMARTS) is 1. The van der Waals surface area contributed by atoms with Crippen molar-refractivity contribution >= 4 is 11.7 Å². The molecule has 2 N–H and O–H groups in total. The van der Waals surface area contributed by atoms with E-state index in [9.17, 15) is 4.79 Å². The Hall–Kier alpha value is -1.77. The van der Waals surface area contributed by atoms with E-state index in [2.05, 4.69) is 17.5 Å². The molecule has 1 aromatic carbocycles. The van der Waals surface area contributed by atoms with Crippen molar-refractivity contribution < 1.29 is 9.90 Å². The topological polar surface area (TPSA) is 49.3 Å². The number of aromatic carboxylic acids is 1. The molecule has 27 heavy (non-hydrogen) atoms. The lowest BCUT2D eigenvalue weighted by Gasteiger charge is -2.20. The van der Waals surface area contributed by atoms with E-state index in [0.29, 0.717) is 11.6 Å². The third kappa shape index (κ3) is 9.65. The van der Waals surface area contributed by atoms with E-state index in [1.165, 1.54) is 89.9 Å². The van der Waals surface area contributed by atoms with Gasteiger partial charge in [-0.25, -0.2) is 4.79 Å². The van der Waals surface area contributed by atoms with Crippen LogP contribution in [-0.2, 0) is 0 Å². The number of carboxylic acids is 1. The number of benzene rings is 1. The summed E-state index contributed by atoms with van der Waals surface area (Å²) in [5.41, 5.74) is 1.39. The van der Waals surface area contributed by atoms with E-state index in [0.717, 1.165) is 5.69 Å². The zero-order chi connectivity index (χ0) is 19.2. The van der Waals surface area contributed by atoms with E-state index >= 15 is 0 Å². The van der Waals surface area contributed by atoms with E-state index in [4.69, 9.17) is 5.11 Å². The summed E-state index contributed by atoms with van der Waals surface area (Å²) in [6.45, 7) is 0. The molecule has 0 atom stereocenters. The summed E-state index contributed by atoms with van der Waals surface area (Å²) < 4.78 is 0. The lowest BCUT2D eigenvalue weighted by Crippen LogP contribution is -2.19. The summed E-state index contributed by atoms with van der Waals surface area (Å²) in [5, 5.41) is 12.7. The van der Waals surface area contributed by atoms with Gasteiger partial charge in [-0.15, -0.1) is 0 Å². The van der Waals surface area contributed by atoms with E-state index in [-0.39, 0.29) is 0 Å². The maximum atomic E-state index is 11.0. The van der Waals surface area contributed by atoms with Crippen LogP contribution in [0.5, 0.6) is 0 Å². The molecule has 0 aromatic heterocycles. The smallest absolute Gasteiger partial charge is 0.335 e. The van der Waals surface area contributed by atoms with Crippen LogP contribution in [0.3, 0.4) is 0 Å². The Morgan fingerprint density at radius 1 is 0.741 bits per heavy atom.